The number of nitrogens with zero attached hydrogens (tertiary/aromatic N) is 3. The van der Waals surface area contributed by atoms with E-state index in [1.165, 1.54) is 0 Å². The van der Waals surface area contributed by atoms with E-state index in [1.54, 1.807) is 18.3 Å². The molecule has 8 heteroatoms. The first-order valence-electron chi connectivity index (χ1n) is 8.90. The van der Waals surface area contributed by atoms with E-state index in [9.17, 15) is 4.79 Å². The normalized spacial score (nSPS) is 15.1. The van der Waals surface area contributed by atoms with E-state index in [0.29, 0.717) is 28.5 Å². The van der Waals surface area contributed by atoms with Crippen LogP contribution >= 0.6 is 11.6 Å². The molecule has 2 aromatic heterocycles. The number of hydrogen-bond acceptors (Lipinski definition) is 6. The second-order valence-corrected chi connectivity index (χ2v) is 6.74. The van der Waals surface area contributed by atoms with Crippen molar-refractivity contribution in [3.63, 3.8) is 0 Å². The van der Waals surface area contributed by atoms with Gasteiger partial charge in [-0.2, -0.15) is 4.98 Å². The van der Waals surface area contributed by atoms with E-state index < -0.39 is 0 Å². The Morgan fingerprint density at radius 2 is 2.00 bits per heavy atom. The molecule has 0 amide bonds. The smallest absolute Gasteiger partial charge is 0.262 e. The summed E-state index contributed by atoms with van der Waals surface area (Å²) in [6.07, 6.45) is 1.64. The largest absolute Gasteiger partial charge is 0.379 e. The number of fused-ring (bicyclic) bond motifs is 1. The zero-order chi connectivity index (χ0) is 18.6. The van der Waals surface area contributed by atoms with E-state index in [4.69, 9.17) is 16.3 Å². The number of hydrogen-bond donors (Lipinski definition) is 2. The molecule has 0 saturated carbocycles. The highest BCUT2D eigenvalue weighted by atomic mass is 35.5. The summed E-state index contributed by atoms with van der Waals surface area (Å²) in [6.45, 7) is 4.91. The van der Waals surface area contributed by atoms with Gasteiger partial charge in [0.25, 0.3) is 5.56 Å². The van der Waals surface area contributed by atoms with Gasteiger partial charge in [-0.15, -0.1) is 0 Å². The minimum absolute atomic E-state index is 0.239. The molecule has 140 valence electrons. The van der Waals surface area contributed by atoms with Crippen molar-refractivity contribution in [1.29, 1.82) is 0 Å². The highest BCUT2D eigenvalue weighted by Gasteiger charge is 2.14. The monoisotopic (exact) mass is 385 g/mol. The Bertz CT molecular complexity index is 1000. The maximum Gasteiger partial charge on any atom is 0.262 e. The molecule has 2 N–H and O–H groups in total. The number of anilines is 1. The first-order chi connectivity index (χ1) is 13.2. The molecular formula is C19H20ClN5O2. The maximum absolute atomic E-state index is 12.7. The second-order valence-electron chi connectivity index (χ2n) is 6.33. The van der Waals surface area contributed by atoms with Gasteiger partial charge in [-0.3, -0.25) is 14.7 Å². The molecule has 7 nitrogen and oxygen atoms in total. The van der Waals surface area contributed by atoms with E-state index >= 15 is 0 Å². The number of aromatic nitrogens is 3. The van der Waals surface area contributed by atoms with Gasteiger partial charge in [0.1, 0.15) is 0 Å². The van der Waals surface area contributed by atoms with Crippen LogP contribution in [0, 0.1) is 0 Å². The van der Waals surface area contributed by atoms with Crippen LogP contribution in [0.25, 0.3) is 22.2 Å². The predicted octanol–water partition coefficient (Wildman–Crippen LogP) is 2.38. The first-order valence-corrected chi connectivity index (χ1v) is 9.28. The van der Waals surface area contributed by atoms with E-state index in [2.05, 4.69) is 25.2 Å². The predicted molar refractivity (Wildman–Crippen MR) is 106 cm³/mol. The van der Waals surface area contributed by atoms with Crippen LogP contribution < -0.4 is 10.9 Å². The van der Waals surface area contributed by atoms with Crippen LogP contribution in [0.1, 0.15) is 0 Å². The molecule has 1 fully saturated rings. The molecule has 0 atom stereocenters. The molecule has 4 rings (SSSR count). The number of nitrogens with one attached hydrogen (secondary N) is 2. The van der Waals surface area contributed by atoms with Gasteiger partial charge in [0.2, 0.25) is 5.95 Å². The van der Waals surface area contributed by atoms with Gasteiger partial charge in [-0.05, 0) is 12.1 Å². The van der Waals surface area contributed by atoms with Crippen molar-refractivity contribution in [1.82, 2.24) is 19.9 Å². The van der Waals surface area contributed by atoms with Crippen LogP contribution in [-0.2, 0) is 4.74 Å². The zero-order valence-electron chi connectivity index (χ0n) is 14.7. The van der Waals surface area contributed by atoms with Crippen LogP contribution in [0.4, 0.5) is 5.95 Å². The topological polar surface area (TPSA) is 83.1 Å². The van der Waals surface area contributed by atoms with Crippen molar-refractivity contribution < 1.29 is 4.74 Å². The average molecular weight is 386 g/mol. The summed E-state index contributed by atoms with van der Waals surface area (Å²) in [5, 5.41) is 4.20. The Morgan fingerprint density at radius 1 is 1.19 bits per heavy atom. The number of benzene rings is 1. The summed E-state index contributed by atoms with van der Waals surface area (Å²) in [5.41, 5.74) is 1.66. The fourth-order valence-corrected chi connectivity index (χ4v) is 3.45. The summed E-state index contributed by atoms with van der Waals surface area (Å²) in [4.78, 5) is 26.6. The lowest BCUT2D eigenvalue weighted by molar-refractivity contribution is 0.0398. The number of ether oxygens (including phenoxy) is 1. The molecule has 0 bridgehead atoms. The van der Waals surface area contributed by atoms with Gasteiger partial charge in [-0.25, -0.2) is 4.98 Å². The van der Waals surface area contributed by atoms with Crippen molar-refractivity contribution in [2.45, 2.75) is 0 Å². The van der Waals surface area contributed by atoms with E-state index in [1.807, 2.05) is 18.2 Å². The number of pyridine rings is 1. The highest BCUT2D eigenvalue weighted by Crippen LogP contribution is 2.30. The van der Waals surface area contributed by atoms with Crippen molar-refractivity contribution in [2.75, 3.05) is 44.7 Å². The third-order valence-corrected chi connectivity index (χ3v) is 4.93. The van der Waals surface area contributed by atoms with E-state index in [0.717, 1.165) is 44.0 Å². The summed E-state index contributed by atoms with van der Waals surface area (Å²) in [6, 6.07) is 9.20. The molecule has 1 saturated heterocycles. The summed E-state index contributed by atoms with van der Waals surface area (Å²) >= 11 is 6.31. The fourth-order valence-electron chi connectivity index (χ4n) is 3.21. The molecule has 1 aromatic carbocycles. The second kappa shape index (κ2) is 8.04. The summed E-state index contributed by atoms with van der Waals surface area (Å²) in [5.74, 6) is 0.421. The minimum Gasteiger partial charge on any atom is -0.379 e. The molecule has 0 radical (unpaired) electrons. The molecule has 0 aliphatic carbocycles. The maximum atomic E-state index is 12.7. The molecule has 27 heavy (non-hydrogen) atoms. The third kappa shape index (κ3) is 3.95. The lowest BCUT2D eigenvalue weighted by Crippen LogP contribution is -2.39. The summed E-state index contributed by atoms with van der Waals surface area (Å²) in [7, 11) is 0. The van der Waals surface area contributed by atoms with Crippen molar-refractivity contribution in [3.05, 3.63) is 51.9 Å². The summed E-state index contributed by atoms with van der Waals surface area (Å²) < 4.78 is 5.34. The van der Waals surface area contributed by atoms with Crippen molar-refractivity contribution in [3.8, 4) is 11.1 Å². The molecule has 3 heterocycles. The molecule has 0 spiro atoms. The lowest BCUT2D eigenvalue weighted by atomic mass is 10.0. The quantitative estimate of drug-likeness (QED) is 0.701. The van der Waals surface area contributed by atoms with Crippen LogP contribution in [-0.4, -0.2) is 59.2 Å². The zero-order valence-corrected chi connectivity index (χ0v) is 15.5. The Kier molecular flexibility index (Phi) is 5.33. The van der Waals surface area contributed by atoms with Crippen LogP contribution in [0.15, 0.2) is 41.3 Å². The molecule has 0 unspecified atom stereocenters. The Balaban J connectivity index is 1.59. The number of halogens is 1. The molecule has 1 aliphatic heterocycles. The molecule has 1 aliphatic rings. The van der Waals surface area contributed by atoms with Crippen LogP contribution in [0.2, 0.25) is 5.02 Å². The highest BCUT2D eigenvalue weighted by molar-refractivity contribution is 6.33. The first kappa shape index (κ1) is 17.9. The van der Waals surface area contributed by atoms with Crippen molar-refractivity contribution >= 4 is 28.6 Å². The standard InChI is InChI=1S/C19H20ClN5O2/c20-15-4-2-1-3-13(15)14-5-6-21-17-16(14)18(26)24-19(23-17)22-7-8-25-9-11-27-12-10-25/h1-6H,7-12H2,(H2,21,22,23,24,26). The van der Waals surface area contributed by atoms with Gasteiger partial charge in [0.15, 0.2) is 5.65 Å². The number of aromatic amines is 1. The number of rotatable bonds is 5. The van der Waals surface area contributed by atoms with Gasteiger partial charge in [0, 0.05) is 48.5 Å². The van der Waals surface area contributed by atoms with Crippen LogP contribution in [0.3, 0.4) is 0 Å². The third-order valence-electron chi connectivity index (χ3n) is 4.60. The number of morpholine rings is 1. The van der Waals surface area contributed by atoms with Gasteiger partial charge in [0.05, 0.1) is 18.6 Å². The average Bonchev–Trinajstić information content (AvgIpc) is 2.69. The van der Waals surface area contributed by atoms with Gasteiger partial charge in [-0.1, -0.05) is 29.8 Å². The molecular weight excluding hydrogens is 366 g/mol. The van der Waals surface area contributed by atoms with E-state index in [-0.39, 0.29) is 5.56 Å². The van der Waals surface area contributed by atoms with Crippen LogP contribution in [0.5, 0.6) is 0 Å². The van der Waals surface area contributed by atoms with Crippen molar-refractivity contribution in [2.24, 2.45) is 0 Å². The SMILES string of the molecule is O=c1[nH]c(NCCN2CCOCC2)nc2nccc(-c3ccccc3Cl)c12. The Labute approximate surface area is 161 Å². The Morgan fingerprint density at radius 3 is 2.81 bits per heavy atom. The minimum atomic E-state index is -0.239. The number of H-pyrrole nitrogens is 1. The Hall–Kier alpha value is -2.48. The fraction of sp³-hybridized carbons (Fsp3) is 0.316. The van der Waals surface area contributed by atoms with Gasteiger partial charge < -0.3 is 10.1 Å². The molecule has 3 aromatic rings. The lowest BCUT2D eigenvalue weighted by Gasteiger charge is -2.26. The van der Waals surface area contributed by atoms with Gasteiger partial charge >= 0.3 is 0 Å².